The Morgan fingerprint density at radius 3 is 2.74 bits per heavy atom. The average Bonchev–Trinajstić information content (AvgIpc) is 2.33. The van der Waals surface area contributed by atoms with Crippen LogP contribution in [0.3, 0.4) is 0 Å². The number of carbonyl (C=O) groups is 1. The van der Waals surface area contributed by atoms with E-state index >= 15 is 0 Å². The molecule has 3 N–H and O–H groups in total. The van der Waals surface area contributed by atoms with Crippen LogP contribution in [0.5, 0.6) is 0 Å². The van der Waals surface area contributed by atoms with Gasteiger partial charge in [-0.3, -0.25) is 4.79 Å². The van der Waals surface area contributed by atoms with Crippen LogP contribution in [0.2, 0.25) is 0 Å². The molecule has 0 aliphatic heterocycles. The van der Waals surface area contributed by atoms with Crippen LogP contribution in [0.25, 0.3) is 0 Å². The fraction of sp³-hybridized carbons (Fsp3) is 0.800. The van der Waals surface area contributed by atoms with Crippen molar-refractivity contribution in [3.63, 3.8) is 0 Å². The van der Waals surface area contributed by atoms with Crippen molar-refractivity contribution >= 4 is 5.78 Å². The summed E-state index contributed by atoms with van der Waals surface area (Å²) in [5.41, 5.74) is -1.17. The summed E-state index contributed by atoms with van der Waals surface area (Å²) in [5, 5.41) is 29.7. The topological polar surface area (TPSA) is 77.8 Å². The van der Waals surface area contributed by atoms with Gasteiger partial charge in [-0.2, -0.15) is 0 Å². The smallest absolute Gasteiger partial charge is 0.141 e. The van der Waals surface area contributed by atoms with E-state index in [0.29, 0.717) is 0 Å². The third-order valence-corrected chi connectivity index (χ3v) is 4.85. The largest absolute Gasteiger partial charge is 0.396 e. The van der Waals surface area contributed by atoms with Crippen molar-refractivity contribution in [2.45, 2.75) is 44.8 Å². The van der Waals surface area contributed by atoms with E-state index in [4.69, 9.17) is 5.11 Å². The number of hydrogen-bond acceptors (Lipinski definition) is 4. The highest BCUT2D eigenvalue weighted by Gasteiger charge is 2.50. The summed E-state index contributed by atoms with van der Waals surface area (Å²) >= 11 is 0. The molecule has 0 saturated heterocycles. The summed E-state index contributed by atoms with van der Waals surface area (Å²) in [5.74, 6) is -0.477. The highest BCUT2D eigenvalue weighted by Crippen LogP contribution is 2.46. The van der Waals surface area contributed by atoms with Crippen molar-refractivity contribution < 1.29 is 20.1 Å². The van der Waals surface area contributed by atoms with Crippen LogP contribution in [-0.4, -0.2) is 39.4 Å². The molecule has 1 fully saturated rings. The number of Topliss-reactive ketones (excluding diaryl/α,β-unsaturated/α-hetero) is 1. The van der Waals surface area contributed by atoms with Crippen molar-refractivity contribution in [3.8, 4) is 0 Å². The molecule has 0 bridgehead atoms. The molecule has 19 heavy (non-hydrogen) atoms. The normalized spacial score (nSPS) is 45.8. The van der Waals surface area contributed by atoms with Crippen molar-refractivity contribution in [1.29, 1.82) is 0 Å². The molecule has 0 aromatic carbocycles. The molecule has 6 unspecified atom stereocenters. The zero-order chi connectivity index (χ0) is 14.2. The lowest BCUT2D eigenvalue weighted by Crippen LogP contribution is -2.52. The number of ketones is 1. The van der Waals surface area contributed by atoms with E-state index in [0.717, 1.165) is 12.8 Å². The number of rotatable bonds is 3. The van der Waals surface area contributed by atoms with Crippen LogP contribution in [0.15, 0.2) is 12.2 Å². The SMILES string of the molecule is CC1CCC2C(C=CC(C)(O)C2C(=O)CCO)C1O. The van der Waals surface area contributed by atoms with Crippen LogP contribution >= 0.6 is 0 Å². The molecule has 0 spiro atoms. The Balaban J connectivity index is 2.30. The van der Waals surface area contributed by atoms with E-state index < -0.39 is 17.6 Å². The third-order valence-electron chi connectivity index (χ3n) is 4.85. The van der Waals surface area contributed by atoms with Crippen molar-refractivity contribution in [2.75, 3.05) is 6.61 Å². The van der Waals surface area contributed by atoms with Gasteiger partial charge in [0.2, 0.25) is 0 Å². The average molecular weight is 268 g/mol. The number of fused-ring (bicyclic) bond motifs is 1. The lowest BCUT2D eigenvalue weighted by Gasteiger charge is -2.48. The molecule has 2 aliphatic carbocycles. The molecule has 2 rings (SSSR count). The van der Waals surface area contributed by atoms with Gasteiger partial charge < -0.3 is 15.3 Å². The Kier molecular flexibility index (Phi) is 4.14. The summed E-state index contributed by atoms with van der Waals surface area (Å²) in [4.78, 5) is 12.2. The maximum atomic E-state index is 12.2. The first-order valence-corrected chi connectivity index (χ1v) is 7.12. The first-order valence-electron chi connectivity index (χ1n) is 7.12. The van der Waals surface area contributed by atoms with Gasteiger partial charge in [0.25, 0.3) is 0 Å². The minimum atomic E-state index is -1.17. The molecule has 2 aliphatic rings. The van der Waals surface area contributed by atoms with Crippen LogP contribution in [0, 0.1) is 23.7 Å². The third kappa shape index (κ3) is 2.62. The Hall–Kier alpha value is -0.710. The quantitative estimate of drug-likeness (QED) is 0.665. The minimum Gasteiger partial charge on any atom is -0.396 e. The predicted octanol–water partition coefficient (Wildman–Crippen LogP) is 0.898. The number of aliphatic hydroxyl groups is 3. The van der Waals surface area contributed by atoms with Crippen LogP contribution in [0.1, 0.15) is 33.1 Å². The summed E-state index contributed by atoms with van der Waals surface area (Å²) in [6, 6.07) is 0. The number of carbonyl (C=O) groups excluding carboxylic acids is 1. The second kappa shape index (κ2) is 5.35. The Morgan fingerprint density at radius 2 is 2.11 bits per heavy atom. The summed E-state index contributed by atoms with van der Waals surface area (Å²) in [6.45, 7) is 3.47. The highest BCUT2D eigenvalue weighted by atomic mass is 16.3. The maximum Gasteiger partial charge on any atom is 0.141 e. The van der Waals surface area contributed by atoms with Gasteiger partial charge in [-0.05, 0) is 31.6 Å². The number of aliphatic hydroxyl groups excluding tert-OH is 2. The van der Waals surface area contributed by atoms with E-state index in [-0.39, 0.29) is 36.6 Å². The second-order valence-electron chi connectivity index (χ2n) is 6.29. The molecule has 0 radical (unpaired) electrons. The van der Waals surface area contributed by atoms with E-state index in [9.17, 15) is 15.0 Å². The van der Waals surface area contributed by atoms with Crippen molar-refractivity contribution in [1.82, 2.24) is 0 Å². The molecular weight excluding hydrogens is 244 g/mol. The van der Waals surface area contributed by atoms with E-state index in [1.54, 1.807) is 13.0 Å². The van der Waals surface area contributed by atoms with Gasteiger partial charge >= 0.3 is 0 Å². The molecule has 0 aromatic rings. The molecule has 0 aromatic heterocycles. The molecule has 0 heterocycles. The monoisotopic (exact) mass is 268 g/mol. The van der Waals surface area contributed by atoms with E-state index in [1.807, 2.05) is 13.0 Å². The van der Waals surface area contributed by atoms with Gasteiger partial charge in [-0.25, -0.2) is 0 Å². The van der Waals surface area contributed by atoms with Gasteiger partial charge in [0.1, 0.15) is 5.78 Å². The van der Waals surface area contributed by atoms with Crippen LogP contribution in [0.4, 0.5) is 0 Å². The molecule has 4 heteroatoms. The Morgan fingerprint density at radius 1 is 1.42 bits per heavy atom. The summed E-state index contributed by atoms with van der Waals surface area (Å²) in [7, 11) is 0. The second-order valence-corrected chi connectivity index (χ2v) is 6.29. The zero-order valence-electron chi connectivity index (χ0n) is 11.6. The molecule has 108 valence electrons. The van der Waals surface area contributed by atoms with Gasteiger partial charge in [-0.1, -0.05) is 19.1 Å². The fourth-order valence-electron chi connectivity index (χ4n) is 3.77. The van der Waals surface area contributed by atoms with Gasteiger partial charge in [0, 0.05) is 18.9 Å². The fourth-order valence-corrected chi connectivity index (χ4v) is 3.77. The maximum absolute atomic E-state index is 12.2. The Bertz CT molecular complexity index is 374. The predicted molar refractivity (Wildman–Crippen MR) is 71.3 cm³/mol. The van der Waals surface area contributed by atoms with E-state index in [2.05, 4.69) is 0 Å². The summed E-state index contributed by atoms with van der Waals surface area (Å²) in [6.07, 6.45) is 4.85. The lowest BCUT2D eigenvalue weighted by molar-refractivity contribution is -0.139. The van der Waals surface area contributed by atoms with Crippen LogP contribution in [-0.2, 0) is 4.79 Å². The summed E-state index contributed by atoms with van der Waals surface area (Å²) < 4.78 is 0. The first kappa shape index (κ1) is 14.7. The van der Waals surface area contributed by atoms with Gasteiger partial charge in [-0.15, -0.1) is 0 Å². The van der Waals surface area contributed by atoms with Gasteiger partial charge in [0.05, 0.1) is 17.6 Å². The molecular formula is C15H24O4. The molecule has 1 saturated carbocycles. The highest BCUT2D eigenvalue weighted by molar-refractivity contribution is 5.83. The number of hydrogen-bond donors (Lipinski definition) is 3. The van der Waals surface area contributed by atoms with E-state index in [1.165, 1.54) is 0 Å². The standard InChI is InChI=1S/C15H24O4/c1-9-3-4-10-11(14(9)18)5-7-15(2,19)13(10)12(17)6-8-16/h5,7,9-11,13-14,16,18-19H,3-4,6,8H2,1-2H3. The Labute approximate surface area is 114 Å². The zero-order valence-corrected chi connectivity index (χ0v) is 11.6. The minimum absolute atomic E-state index is 0.0229. The molecule has 6 atom stereocenters. The molecule has 0 amide bonds. The lowest BCUT2D eigenvalue weighted by atomic mass is 9.59. The first-order chi connectivity index (χ1) is 8.88. The van der Waals surface area contributed by atoms with Crippen molar-refractivity contribution in [3.05, 3.63) is 12.2 Å². The van der Waals surface area contributed by atoms with Gasteiger partial charge in [0.15, 0.2) is 0 Å². The van der Waals surface area contributed by atoms with Crippen LogP contribution < -0.4 is 0 Å². The van der Waals surface area contributed by atoms with Crippen molar-refractivity contribution in [2.24, 2.45) is 23.7 Å². The molecule has 4 nitrogen and oxygen atoms in total.